The highest BCUT2D eigenvalue weighted by Gasteiger charge is 2.41. The summed E-state index contributed by atoms with van der Waals surface area (Å²) in [5, 5.41) is 9.25. The van der Waals surface area contributed by atoms with E-state index in [9.17, 15) is 14.7 Å². The number of morpholine rings is 1. The van der Waals surface area contributed by atoms with E-state index in [0.29, 0.717) is 5.69 Å². The first-order valence-electron chi connectivity index (χ1n) is 6.05. The van der Waals surface area contributed by atoms with Gasteiger partial charge in [0.2, 0.25) is 5.91 Å². The van der Waals surface area contributed by atoms with Gasteiger partial charge >= 0.3 is 5.97 Å². The molecule has 0 aliphatic carbocycles. The average molecular weight is 267 g/mol. The number of carboxylic acids is 1. The molecule has 2 unspecified atom stereocenters. The quantitative estimate of drug-likeness (QED) is 0.859. The first-order valence-corrected chi connectivity index (χ1v) is 6.05. The zero-order valence-electron chi connectivity index (χ0n) is 11.1. The van der Waals surface area contributed by atoms with Crippen molar-refractivity contribution < 1.29 is 19.4 Å². The Morgan fingerprint density at radius 1 is 1.58 bits per heavy atom. The Kier molecular flexibility index (Phi) is 3.57. The van der Waals surface area contributed by atoms with Crippen LogP contribution in [0.15, 0.2) is 12.5 Å². The van der Waals surface area contributed by atoms with Crippen LogP contribution in [-0.2, 0) is 14.3 Å². The Bertz CT molecular complexity index is 497. The van der Waals surface area contributed by atoms with E-state index in [2.05, 4.69) is 4.98 Å². The van der Waals surface area contributed by atoms with Gasteiger partial charge in [0.25, 0.3) is 0 Å². The molecule has 7 heteroatoms. The monoisotopic (exact) mass is 267 g/mol. The fourth-order valence-corrected chi connectivity index (χ4v) is 2.25. The second-order valence-corrected chi connectivity index (χ2v) is 4.84. The fourth-order valence-electron chi connectivity index (χ4n) is 2.25. The van der Waals surface area contributed by atoms with Crippen LogP contribution < -0.4 is 0 Å². The lowest BCUT2D eigenvalue weighted by molar-refractivity contribution is -0.171. The lowest BCUT2D eigenvalue weighted by Crippen LogP contribution is -2.50. The minimum Gasteiger partial charge on any atom is -0.479 e. The van der Waals surface area contributed by atoms with E-state index in [1.54, 1.807) is 19.6 Å². The van der Waals surface area contributed by atoms with Crippen LogP contribution in [-0.4, -0.2) is 51.2 Å². The number of likely N-dealkylation sites (N-methyl/N-ethyl adjacent to an activating group) is 1. The maximum absolute atomic E-state index is 11.7. The van der Waals surface area contributed by atoms with Crippen molar-refractivity contribution in [3.8, 4) is 0 Å². The van der Waals surface area contributed by atoms with Gasteiger partial charge in [-0.3, -0.25) is 4.79 Å². The molecular weight excluding hydrogens is 250 g/mol. The number of carboxylic acid groups (broad SMARTS) is 1. The number of carbonyl (C=O) groups is 2. The number of aliphatic carboxylic acids is 1. The van der Waals surface area contributed by atoms with E-state index in [-0.39, 0.29) is 18.6 Å². The Morgan fingerprint density at radius 3 is 2.84 bits per heavy atom. The van der Waals surface area contributed by atoms with E-state index >= 15 is 0 Å². The largest absolute Gasteiger partial charge is 0.479 e. The third-order valence-corrected chi connectivity index (χ3v) is 3.28. The van der Waals surface area contributed by atoms with Crippen molar-refractivity contribution in [2.24, 2.45) is 0 Å². The summed E-state index contributed by atoms with van der Waals surface area (Å²) in [6.45, 7) is 3.72. The first-order chi connectivity index (χ1) is 8.93. The van der Waals surface area contributed by atoms with Crippen LogP contribution in [0, 0.1) is 0 Å². The number of aromatic nitrogens is 2. The minimum atomic E-state index is -1.08. The summed E-state index contributed by atoms with van der Waals surface area (Å²) in [7, 11) is 1.59. The summed E-state index contributed by atoms with van der Waals surface area (Å²) < 4.78 is 7.01. The molecule has 1 aliphatic rings. The highest BCUT2D eigenvalue weighted by Crippen LogP contribution is 2.30. The summed E-state index contributed by atoms with van der Waals surface area (Å²) in [6.07, 6.45) is 2.14. The normalized spacial score (nSPS) is 24.0. The van der Waals surface area contributed by atoms with Gasteiger partial charge in [0.15, 0.2) is 6.10 Å². The van der Waals surface area contributed by atoms with Crippen LogP contribution in [0.4, 0.5) is 0 Å². The van der Waals surface area contributed by atoms with Crippen molar-refractivity contribution in [2.45, 2.75) is 32.0 Å². The Balaban J connectivity index is 2.44. The van der Waals surface area contributed by atoms with E-state index in [1.807, 2.05) is 18.4 Å². The number of amides is 1. The number of carbonyl (C=O) groups excluding carboxylic acids is 1. The summed E-state index contributed by atoms with van der Waals surface area (Å²) in [4.78, 5) is 28.5. The third kappa shape index (κ3) is 2.33. The molecule has 104 valence electrons. The standard InChI is InChI=1S/C12H17N3O4/c1-7(2)15-6-13-4-8(15)10-11(12(17)18)19-5-9(16)14(10)3/h4,6-7,10-11H,5H2,1-3H3,(H,17,18). The Morgan fingerprint density at radius 2 is 2.26 bits per heavy atom. The molecule has 0 spiro atoms. The first kappa shape index (κ1) is 13.5. The highest BCUT2D eigenvalue weighted by molar-refractivity contribution is 5.82. The van der Waals surface area contributed by atoms with Crippen molar-refractivity contribution in [1.29, 1.82) is 0 Å². The van der Waals surface area contributed by atoms with E-state index in [0.717, 1.165) is 0 Å². The molecule has 2 heterocycles. The van der Waals surface area contributed by atoms with Crippen LogP contribution in [0.5, 0.6) is 0 Å². The third-order valence-electron chi connectivity index (χ3n) is 3.28. The molecule has 7 nitrogen and oxygen atoms in total. The zero-order chi connectivity index (χ0) is 14.2. The predicted octanol–water partition coefficient (Wildman–Crippen LogP) is 0.447. The van der Waals surface area contributed by atoms with Crippen LogP contribution in [0.25, 0.3) is 0 Å². The van der Waals surface area contributed by atoms with Gasteiger partial charge in [0, 0.05) is 13.1 Å². The number of imidazole rings is 1. The van der Waals surface area contributed by atoms with Gasteiger partial charge in [-0.1, -0.05) is 0 Å². The molecule has 1 N–H and O–H groups in total. The summed E-state index contributed by atoms with van der Waals surface area (Å²) in [5.74, 6) is -1.32. The zero-order valence-corrected chi connectivity index (χ0v) is 11.1. The van der Waals surface area contributed by atoms with Crippen molar-refractivity contribution in [1.82, 2.24) is 14.5 Å². The predicted molar refractivity (Wildman–Crippen MR) is 65.5 cm³/mol. The lowest BCUT2D eigenvalue weighted by atomic mass is 10.0. The minimum absolute atomic E-state index is 0.123. The molecule has 2 rings (SSSR count). The average Bonchev–Trinajstić information content (AvgIpc) is 2.80. The Labute approximate surface area is 110 Å². The van der Waals surface area contributed by atoms with Gasteiger partial charge < -0.3 is 19.3 Å². The molecule has 19 heavy (non-hydrogen) atoms. The fraction of sp³-hybridized carbons (Fsp3) is 0.583. The van der Waals surface area contributed by atoms with Crippen molar-refractivity contribution in [3.05, 3.63) is 18.2 Å². The molecule has 1 amide bonds. The molecule has 1 aliphatic heterocycles. The molecule has 0 bridgehead atoms. The van der Waals surface area contributed by atoms with Gasteiger partial charge in [-0.2, -0.15) is 0 Å². The maximum atomic E-state index is 11.7. The molecule has 1 fully saturated rings. The van der Waals surface area contributed by atoms with Crippen LogP contribution in [0.2, 0.25) is 0 Å². The van der Waals surface area contributed by atoms with E-state index in [4.69, 9.17) is 4.74 Å². The Hall–Kier alpha value is -1.89. The van der Waals surface area contributed by atoms with Crippen LogP contribution >= 0.6 is 0 Å². The van der Waals surface area contributed by atoms with Crippen molar-refractivity contribution >= 4 is 11.9 Å². The molecule has 2 atom stereocenters. The molecule has 1 saturated heterocycles. The van der Waals surface area contributed by atoms with Crippen molar-refractivity contribution in [3.63, 3.8) is 0 Å². The lowest BCUT2D eigenvalue weighted by Gasteiger charge is -2.37. The second kappa shape index (κ2) is 5.00. The van der Waals surface area contributed by atoms with Crippen molar-refractivity contribution in [2.75, 3.05) is 13.7 Å². The molecule has 0 radical (unpaired) electrons. The maximum Gasteiger partial charge on any atom is 0.335 e. The van der Waals surface area contributed by atoms with Crippen LogP contribution in [0.3, 0.4) is 0 Å². The van der Waals surface area contributed by atoms with Gasteiger partial charge in [0.05, 0.1) is 18.2 Å². The van der Waals surface area contributed by atoms with Gasteiger partial charge in [-0.25, -0.2) is 9.78 Å². The number of hydrogen-bond donors (Lipinski definition) is 1. The topological polar surface area (TPSA) is 84.7 Å². The number of hydrogen-bond acceptors (Lipinski definition) is 4. The van der Waals surface area contributed by atoms with Gasteiger partial charge in [-0.15, -0.1) is 0 Å². The summed E-state index contributed by atoms with van der Waals surface area (Å²) in [6, 6.07) is -0.541. The molecule has 0 aromatic carbocycles. The van der Waals surface area contributed by atoms with Gasteiger partial charge in [-0.05, 0) is 13.8 Å². The molecule has 1 aromatic heterocycles. The molecule has 1 aromatic rings. The van der Waals surface area contributed by atoms with Crippen LogP contribution in [0.1, 0.15) is 31.6 Å². The smallest absolute Gasteiger partial charge is 0.335 e. The molecule has 0 saturated carbocycles. The number of ether oxygens (including phenoxy) is 1. The number of nitrogens with zero attached hydrogens (tertiary/aromatic N) is 3. The summed E-state index contributed by atoms with van der Waals surface area (Å²) >= 11 is 0. The SMILES string of the molecule is CC(C)n1cncc1C1C(C(=O)O)OCC(=O)N1C. The van der Waals surface area contributed by atoms with E-state index < -0.39 is 18.1 Å². The van der Waals surface area contributed by atoms with E-state index in [1.165, 1.54) is 4.90 Å². The van der Waals surface area contributed by atoms with Gasteiger partial charge in [0.1, 0.15) is 12.6 Å². The highest BCUT2D eigenvalue weighted by atomic mass is 16.5. The summed E-state index contributed by atoms with van der Waals surface area (Å²) in [5.41, 5.74) is 0.665. The molecular formula is C12H17N3O4. The number of rotatable bonds is 3. The second-order valence-electron chi connectivity index (χ2n) is 4.84.